The molecule has 1 N–H and O–H groups in total. The van der Waals surface area contributed by atoms with Crippen LogP contribution in [-0.2, 0) is 4.79 Å². The minimum atomic E-state index is -4.89. The van der Waals surface area contributed by atoms with E-state index in [0.717, 1.165) is 24.4 Å². The number of alkyl halides is 3. The molecule has 0 aromatic heterocycles. The van der Waals surface area contributed by atoms with Crippen molar-refractivity contribution >= 4 is 23.7 Å². The summed E-state index contributed by atoms with van der Waals surface area (Å²) in [5.74, 6) is -4.33. The van der Waals surface area contributed by atoms with Crippen molar-refractivity contribution in [3.05, 3.63) is 23.8 Å². The van der Waals surface area contributed by atoms with Crippen LogP contribution < -0.4 is 4.74 Å². The van der Waals surface area contributed by atoms with Gasteiger partial charge in [0.2, 0.25) is 0 Å². The van der Waals surface area contributed by atoms with E-state index in [0.29, 0.717) is 0 Å². The fourth-order valence-corrected chi connectivity index (χ4v) is 1.59. The number of fused-ring (bicyclic) bond motifs is 1. The minimum absolute atomic E-state index is 0.108. The second-order valence-corrected chi connectivity index (χ2v) is 3.69. The molecule has 19 heavy (non-hydrogen) atoms. The predicted molar refractivity (Wildman–Crippen MR) is 56.7 cm³/mol. The average Bonchev–Trinajstić information content (AvgIpc) is 2.27. The first-order chi connectivity index (χ1) is 8.78. The molecule has 100 valence electrons. The number of carbonyl (C=O) groups excluding carboxylic acids is 1. The molecule has 1 atom stereocenters. The van der Waals surface area contributed by atoms with Gasteiger partial charge < -0.3 is 9.84 Å². The Morgan fingerprint density at radius 3 is 2.63 bits per heavy atom. The zero-order valence-electron chi connectivity index (χ0n) is 9.14. The molecular weight excluding hydrogens is 267 g/mol. The van der Waals surface area contributed by atoms with Crippen LogP contribution in [0, 0.1) is 5.92 Å². The number of Topliss-reactive ketones (excluding diaryl/α,β-unsaturated/α-hetero) is 1. The molecule has 0 spiro atoms. The number of nitrogens with zero attached hydrogens (tertiary/aromatic N) is 1. The molecule has 2 rings (SSSR count). The van der Waals surface area contributed by atoms with Gasteiger partial charge >= 0.3 is 12.3 Å². The lowest BCUT2D eigenvalue weighted by Gasteiger charge is -2.16. The maximum atomic E-state index is 12.0. The van der Waals surface area contributed by atoms with Crippen LogP contribution in [0.2, 0.25) is 0 Å². The number of aliphatic carboxylic acids is 1. The van der Waals surface area contributed by atoms with Gasteiger partial charge in [0.15, 0.2) is 11.7 Å². The fourth-order valence-electron chi connectivity index (χ4n) is 1.59. The summed E-state index contributed by atoms with van der Waals surface area (Å²) in [4.78, 5) is 26.3. The van der Waals surface area contributed by atoms with Crippen molar-refractivity contribution in [1.82, 2.24) is 0 Å². The number of aliphatic imine (C=N–C) groups is 1. The van der Waals surface area contributed by atoms with Crippen LogP contribution in [0.1, 0.15) is 10.4 Å². The molecule has 1 aliphatic rings. The van der Waals surface area contributed by atoms with Crippen molar-refractivity contribution in [2.24, 2.45) is 10.9 Å². The monoisotopic (exact) mass is 273 g/mol. The van der Waals surface area contributed by atoms with Crippen LogP contribution in [0.15, 0.2) is 23.2 Å². The van der Waals surface area contributed by atoms with Crippen molar-refractivity contribution in [1.29, 1.82) is 0 Å². The molecular formula is C11H6F3NO4. The normalized spacial score (nSPS) is 18.1. The lowest BCUT2D eigenvalue weighted by atomic mass is 9.94. The Bertz CT molecular complexity index is 580. The zero-order valence-corrected chi connectivity index (χ0v) is 9.14. The number of halogens is 3. The Hall–Kier alpha value is -2.38. The minimum Gasteiger partial charge on any atom is -0.480 e. The van der Waals surface area contributed by atoms with Crippen molar-refractivity contribution in [3.63, 3.8) is 0 Å². The van der Waals surface area contributed by atoms with E-state index >= 15 is 0 Å². The second kappa shape index (κ2) is 4.38. The summed E-state index contributed by atoms with van der Waals surface area (Å²) in [6.07, 6.45) is -3.95. The Balaban J connectivity index is 2.38. The van der Waals surface area contributed by atoms with Gasteiger partial charge in [0.25, 0.3) is 0 Å². The molecule has 1 heterocycles. The van der Waals surface area contributed by atoms with E-state index in [9.17, 15) is 22.8 Å². The van der Waals surface area contributed by atoms with E-state index in [1.807, 2.05) is 0 Å². The van der Waals surface area contributed by atoms with Gasteiger partial charge in [-0.15, -0.1) is 13.2 Å². The lowest BCUT2D eigenvalue weighted by Crippen LogP contribution is -2.27. The fraction of sp³-hybridized carbons (Fsp3) is 0.182. The van der Waals surface area contributed by atoms with E-state index in [4.69, 9.17) is 5.11 Å². The van der Waals surface area contributed by atoms with E-state index < -0.39 is 29.8 Å². The largest absolute Gasteiger partial charge is 0.573 e. The number of carboxylic acids is 1. The molecule has 1 aromatic carbocycles. The highest BCUT2D eigenvalue weighted by Gasteiger charge is 2.34. The van der Waals surface area contributed by atoms with E-state index in [2.05, 4.69) is 9.73 Å². The summed E-state index contributed by atoms with van der Waals surface area (Å²) in [7, 11) is 0. The van der Waals surface area contributed by atoms with Gasteiger partial charge in [0.1, 0.15) is 5.75 Å². The smallest absolute Gasteiger partial charge is 0.480 e. The van der Waals surface area contributed by atoms with Crippen LogP contribution in [0.3, 0.4) is 0 Å². The number of rotatable bonds is 2. The maximum absolute atomic E-state index is 12.0. The third-order valence-corrected chi connectivity index (χ3v) is 2.38. The van der Waals surface area contributed by atoms with Crippen molar-refractivity contribution in [3.8, 4) is 5.75 Å². The molecule has 0 aliphatic carbocycles. The standard InChI is InChI=1S/C11H6F3NO4/c12-11(13,14)19-5-1-2-8-6(3-5)9(16)7(4-15-8)10(17)18/h1-4,7H,(H,17,18). The molecule has 1 aromatic rings. The highest BCUT2D eigenvalue weighted by Crippen LogP contribution is 2.32. The maximum Gasteiger partial charge on any atom is 0.573 e. The Labute approximate surface area is 104 Å². The number of hydrogen-bond acceptors (Lipinski definition) is 4. The highest BCUT2D eigenvalue weighted by atomic mass is 19.4. The second-order valence-electron chi connectivity index (χ2n) is 3.69. The van der Waals surface area contributed by atoms with Gasteiger partial charge in [-0.1, -0.05) is 0 Å². The first kappa shape index (κ1) is 13.1. The molecule has 1 aliphatic heterocycles. The molecule has 0 fully saturated rings. The highest BCUT2D eigenvalue weighted by molar-refractivity contribution is 6.22. The number of hydrogen-bond donors (Lipinski definition) is 1. The predicted octanol–water partition coefficient (Wildman–Crippen LogP) is 2.18. The molecule has 8 heteroatoms. The summed E-state index contributed by atoms with van der Waals surface area (Å²) in [5, 5.41) is 8.77. The third-order valence-electron chi connectivity index (χ3n) is 2.38. The Kier molecular flexibility index (Phi) is 3.01. The summed E-state index contributed by atoms with van der Waals surface area (Å²) in [6.45, 7) is 0. The molecule has 5 nitrogen and oxygen atoms in total. The van der Waals surface area contributed by atoms with Gasteiger partial charge in [0, 0.05) is 11.8 Å². The van der Waals surface area contributed by atoms with Crippen LogP contribution in [0.5, 0.6) is 5.75 Å². The summed E-state index contributed by atoms with van der Waals surface area (Å²) < 4.78 is 39.8. The Morgan fingerprint density at radius 2 is 2.05 bits per heavy atom. The topological polar surface area (TPSA) is 76.0 Å². The van der Waals surface area contributed by atoms with Crippen LogP contribution >= 0.6 is 0 Å². The number of ether oxygens (including phenoxy) is 1. The lowest BCUT2D eigenvalue weighted by molar-refractivity contribution is -0.274. The molecule has 0 saturated heterocycles. The number of benzene rings is 1. The average molecular weight is 273 g/mol. The Morgan fingerprint density at radius 1 is 1.37 bits per heavy atom. The van der Waals surface area contributed by atoms with Gasteiger partial charge in [0.05, 0.1) is 5.69 Å². The van der Waals surface area contributed by atoms with Gasteiger partial charge in [-0.25, -0.2) is 0 Å². The van der Waals surface area contributed by atoms with Crippen molar-refractivity contribution < 1.29 is 32.6 Å². The van der Waals surface area contributed by atoms with Gasteiger partial charge in [-0.05, 0) is 18.2 Å². The summed E-state index contributed by atoms with van der Waals surface area (Å²) in [5.41, 5.74) is -0.103. The third kappa shape index (κ3) is 2.72. The quantitative estimate of drug-likeness (QED) is 0.838. The number of carbonyl (C=O) groups is 2. The van der Waals surface area contributed by atoms with Crippen LogP contribution in [-0.4, -0.2) is 29.4 Å². The molecule has 0 radical (unpaired) electrons. The first-order valence-corrected chi connectivity index (χ1v) is 4.99. The first-order valence-electron chi connectivity index (χ1n) is 4.99. The SMILES string of the molecule is O=C(O)C1C=Nc2ccc(OC(F)(F)F)cc2C1=O. The summed E-state index contributed by atoms with van der Waals surface area (Å²) in [6, 6.07) is 2.98. The van der Waals surface area contributed by atoms with Gasteiger partial charge in [-0.2, -0.15) is 0 Å². The molecule has 1 unspecified atom stereocenters. The van der Waals surface area contributed by atoms with Crippen LogP contribution in [0.25, 0.3) is 0 Å². The number of ketones is 1. The zero-order chi connectivity index (χ0) is 14.2. The molecule has 0 amide bonds. The van der Waals surface area contributed by atoms with Crippen molar-refractivity contribution in [2.45, 2.75) is 6.36 Å². The molecule has 0 bridgehead atoms. The summed E-state index contributed by atoms with van der Waals surface area (Å²) >= 11 is 0. The molecule has 0 saturated carbocycles. The van der Waals surface area contributed by atoms with Crippen LogP contribution in [0.4, 0.5) is 18.9 Å². The van der Waals surface area contributed by atoms with E-state index in [-0.39, 0.29) is 11.3 Å². The van der Waals surface area contributed by atoms with E-state index in [1.54, 1.807) is 0 Å². The van der Waals surface area contributed by atoms with Crippen molar-refractivity contribution in [2.75, 3.05) is 0 Å². The number of carboxylic acid groups (broad SMARTS) is 1. The van der Waals surface area contributed by atoms with Gasteiger partial charge in [-0.3, -0.25) is 14.6 Å². The van der Waals surface area contributed by atoms with E-state index in [1.165, 1.54) is 0 Å².